The highest BCUT2D eigenvalue weighted by molar-refractivity contribution is 6.06. The van der Waals surface area contributed by atoms with E-state index in [9.17, 15) is 9.90 Å². The Balaban J connectivity index is 1.99. The molecule has 0 bridgehead atoms. The van der Waals surface area contributed by atoms with Gasteiger partial charge in [0.15, 0.2) is 5.78 Å². The fourth-order valence-corrected chi connectivity index (χ4v) is 3.56. The van der Waals surface area contributed by atoms with E-state index in [-0.39, 0.29) is 11.9 Å². The lowest BCUT2D eigenvalue weighted by Gasteiger charge is -2.42. The monoisotopic (exact) mass is 272 g/mol. The van der Waals surface area contributed by atoms with Gasteiger partial charge < -0.3 is 9.52 Å². The smallest absolute Gasteiger partial charge is 0.168 e. The number of allylic oxidation sites excluding steroid dienone is 2. The Kier molecular flexibility index (Phi) is 3.17. The lowest BCUT2D eigenvalue weighted by Crippen LogP contribution is -2.40. The first kappa shape index (κ1) is 13.4. The first-order chi connectivity index (χ1) is 9.52. The maximum absolute atomic E-state index is 12.8. The fraction of sp³-hybridized carbons (Fsp3) is 0.471. The van der Waals surface area contributed by atoms with E-state index in [1.807, 2.05) is 32.1 Å². The number of carbonyl (C=O) groups excluding carboxylic acids is 1. The largest absolute Gasteiger partial charge is 0.465 e. The molecule has 1 aromatic rings. The Bertz CT molecular complexity index is 592. The van der Waals surface area contributed by atoms with Crippen LogP contribution in [-0.2, 0) is 4.79 Å². The number of hydrogen-bond donors (Lipinski definition) is 1. The molecule has 0 aliphatic heterocycles. The summed E-state index contributed by atoms with van der Waals surface area (Å²) >= 11 is 0. The third-order valence-corrected chi connectivity index (χ3v) is 4.86. The van der Waals surface area contributed by atoms with Crippen LogP contribution in [0.5, 0.6) is 0 Å². The fourth-order valence-electron chi connectivity index (χ4n) is 3.56. The topological polar surface area (TPSA) is 50.4 Å². The van der Waals surface area contributed by atoms with E-state index in [1.165, 1.54) is 0 Å². The molecular formula is C17H20O3. The predicted molar refractivity (Wildman–Crippen MR) is 77.0 cm³/mol. The molecule has 20 heavy (non-hydrogen) atoms. The zero-order valence-electron chi connectivity index (χ0n) is 12.0. The van der Waals surface area contributed by atoms with Crippen LogP contribution in [0.15, 0.2) is 39.5 Å². The minimum atomic E-state index is -0.431. The van der Waals surface area contributed by atoms with E-state index in [2.05, 4.69) is 0 Å². The maximum atomic E-state index is 12.8. The Morgan fingerprint density at radius 1 is 1.45 bits per heavy atom. The normalized spacial score (nSPS) is 32.6. The Morgan fingerprint density at radius 2 is 2.25 bits per heavy atom. The van der Waals surface area contributed by atoms with Crippen LogP contribution in [0.1, 0.15) is 45.3 Å². The van der Waals surface area contributed by atoms with Crippen LogP contribution >= 0.6 is 0 Å². The van der Waals surface area contributed by atoms with Gasteiger partial charge in [0.05, 0.1) is 17.8 Å². The molecule has 0 amide bonds. The number of furan rings is 1. The average Bonchev–Trinajstić information content (AvgIpc) is 2.93. The summed E-state index contributed by atoms with van der Waals surface area (Å²) in [6.45, 7) is 3.99. The number of aliphatic hydroxyl groups excluding tert-OH is 1. The van der Waals surface area contributed by atoms with Gasteiger partial charge in [-0.2, -0.15) is 0 Å². The van der Waals surface area contributed by atoms with Crippen LogP contribution in [0.4, 0.5) is 0 Å². The summed E-state index contributed by atoms with van der Waals surface area (Å²) in [5, 5.41) is 9.99. The number of aliphatic hydroxyl groups is 1. The van der Waals surface area contributed by atoms with Crippen molar-refractivity contribution in [2.75, 3.05) is 0 Å². The Labute approximate surface area is 119 Å². The van der Waals surface area contributed by atoms with E-state index in [0.29, 0.717) is 6.42 Å². The zero-order chi connectivity index (χ0) is 14.3. The summed E-state index contributed by atoms with van der Waals surface area (Å²) in [4.78, 5) is 12.8. The summed E-state index contributed by atoms with van der Waals surface area (Å²) in [6.07, 6.45) is 6.10. The molecule has 3 heteroatoms. The van der Waals surface area contributed by atoms with E-state index in [4.69, 9.17) is 4.42 Å². The van der Waals surface area contributed by atoms with Crippen molar-refractivity contribution in [3.05, 3.63) is 40.9 Å². The molecule has 3 nitrogen and oxygen atoms in total. The summed E-state index contributed by atoms with van der Waals surface area (Å²) < 4.78 is 5.31. The van der Waals surface area contributed by atoms with Gasteiger partial charge in [0.2, 0.25) is 0 Å². The second kappa shape index (κ2) is 4.74. The van der Waals surface area contributed by atoms with Crippen molar-refractivity contribution in [1.29, 1.82) is 0 Å². The standard InChI is InChI=1S/C17H20O3/c1-11-14-6-5-12(10-13-4-3-9-20-13)16(19)17(14,2)8-7-15(11)18/h3-4,9-10,15,18H,5-8H2,1-2H3/t15?,17-/m0/s1. The summed E-state index contributed by atoms with van der Waals surface area (Å²) in [5.41, 5.74) is 2.57. The number of carbonyl (C=O) groups is 1. The van der Waals surface area contributed by atoms with Crippen LogP contribution < -0.4 is 0 Å². The molecule has 1 saturated carbocycles. The van der Waals surface area contributed by atoms with E-state index in [1.54, 1.807) is 6.26 Å². The Hall–Kier alpha value is -1.61. The van der Waals surface area contributed by atoms with Crippen molar-refractivity contribution in [3.63, 3.8) is 0 Å². The van der Waals surface area contributed by atoms with E-state index < -0.39 is 5.41 Å². The highest BCUT2D eigenvalue weighted by Gasteiger charge is 2.45. The summed E-state index contributed by atoms with van der Waals surface area (Å²) in [7, 11) is 0. The van der Waals surface area contributed by atoms with Crippen LogP contribution in [0, 0.1) is 5.41 Å². The van der Waals surface area contributed by atoms with Gasteiger partial charge in [-0.15, -0.1) is 0 Å². The number of Topliss-reactive ketones (excluding diaryl/α,β-unsaturated/α-hetero) is 1. The highest BCUT2D eigenvalue weighted by Crippen LogP contribution is 2.49. The second-order valence-corrected chi connectivity index (χ2v) is 6.06. The highest BCUT2D eigenvalue weighted by atomic mass is 16.3. The van der Waals surface area contributed by atoms with E-state index in [0.717, 1.165) is 41.7 Å². The van der Waals surface area contributed by atoms with Gasteiger partial charge in [0, 0.05) is 5.57 Å². The zero-order valence-corrected chi connectivity index (χ0v) is 12.0. The Morgan fingerprint density at radius 3 is 2.95 bits per heavy atom. The third-order valence-electron chi connectivity index (χ3n) is 4.86. The molecule has 106 valence electrons. The molecule has 2 atom stereocenters. The molecule has 1 fully saturated rings. The average molecular weight is 272 g/mol. The lowest BCUT2D eigenvalue weighted by molar-refractivity contribution is -0.124. The first-order valence-corrected chi connectivity index (χ1v) is 7.19. The second-order valence-electron chi connectivity index (χ2n) is 6.06. The molecule has 0 saturated heterocycles. The maximum Gasteiger partial charge on any atom is 0.168 e. The third kappa shape index (κ3) is 1.97. The number of hydrogen-bond acceptors (Lipinski definition) is 3. The number of fused-ring (bicyclic) bond motifs is 1. The van der Waals surface area contributed by atoms with Crippen LogP contribution in [0.2, 0.25) is 0 Å². The summed E-state index contributed by atoms with van der Waals surface area (Å²) in [5.74, 6) is 0.929. The molecular weight excluding hydrogens is 252 g/mol. The van der Waals surface area contributed by atoms with Crippen molar-refractivity contribution < 1.29 is 14.3 Å². The van der Waals surface area contributed by atoms with Crippen molar-refractivity contribution >= 4 is 11.9 Å². The SMILES string of the molecule is CC1=C2CCC(=Cc3ccco3)C(=O)[C@@]2(C)CCC1O. The van der Waals surface area contributed by atoms with Crippen LogP contribution in [-0.4, -0.2) is 17.0 Å². The lowest BCUT2D eigenvalue weighted by atomic mass is 9.61. The molecule has 2 aliphatic carbocycles. The van der Waals surface area contributed by atoms with Gasteiger partial charge in [-0.3, -0.25) is 4.79 Å². The molecule has 0 spiro atoms. The van der Waals surface area contributed by atoms with Gasteiger partial charge >= 0.3 is 0 Å². The minimum absolute atomic E-state index is 0.196. The molecule has 1 aromatic heterocycles. The van der Waals surface area contributed by atoms with Crippen molar-refractivity contribution in [2.24, 2.45) is 5.41 Å². The number of rotatable bonds is 1. The van der Waals surface area contributed by atoms with Gasteiger partial charge in [-0.25, -0.2) is 0 Å². The van der Waals surface area contributed by atoms with E-state index >= 15 is 0 Å². The van der Waals surface area contributed by atoms with Gasteiger partial charge in [0.25, 0.3) is 0 Å². The number of ketones is 1. The van der Waals surface area contributed by atoms with Crippen molar-refractivity contribution in [1.82, 2.24) is 0 Å². The van der Waals surface area contributed by atoms with Gasteiger partial charge in [-0.1, -0.05) is 5.57 Å². The van der Waals surface area contributed by atoms with Crippen molar-refractivity contribution in [3.8, 4) is 0 Å². The molecule has 1 unspecified atom stereocenters. The molecule has 1 heterocycles. The van der Waals surface area contributed by atoms with Crippen LogP contribution in [0.3, 0.4) is 0 Å². The quantitative estimate of drug-likeness (QED) is 0.628. The van der Waals surface area contributed by atoms with Gasteiger partial charge in [-0.05, 0) is 63.3 Å². The van der Waals surface area contributed by atoms with Gasteiger partial charge in [0.1, 0.15) is 5.76 Å². The predicted octanol–water partition coefficient (Wildman–Crippen LogP) is 3.50. The molecule has 2 aliphatic rings. The molecule has 0 aromatic carbocycles. The first-order valence-electron chi connectivity index (χ1n) is 7.19. The molecule has 1 N–H and O–H groups in total. The minimum Gasteiger partial charge on any atom is -0.465 e. The summed E-state index contributed by atoms with van der Waals surface area (Å²) in [6, 6.07) is 3.69. The van der Waals surface area contributed by atoms with Crippen molar-refractivity contribution in [2.45, 2.75) is 45.6 Å². The van der Waals surface area contributed by atoms with Crippen LogP contribution in [0.25, 0.3) is 6.08 Å². The molecule has 3 rings (SSSR count). The molecule has 0 radical (unpaired) electrons.